The van der Waals surface area contributed by atoms with Crippen molar-refractivity contribution < 1.29 is 14.3 Å². The molecule has 0 bridgehead atoms. The number of fused-ring (bicyclic) bond motifs is 1. The Morgan fingerprint density at radius 3 is 2.49 bits per heavy atom. The summed E-state index contributed by atoms with van der Waals surface area (Å²) in [7, 11) is 2.18. The zero-order valence-corrected chi connectivity index (χ0v) is 22.6. The van der Waals surface area contributed by atoms with Crippen molar-refractivity contribution in [3.63, 3.8) is 0 Å². The summed E-state index contributed by atoms with van der Waals surface area (Å²) in [5.41, 5.74) is 4.60. The van der Waals surface area contributed by atoms with Gasteiger partial charge in [0.15, 0.2) is 11.9 Å². The van der Waals surface area contributed by atoms with E-state index in [1.807, 2.05) is 42.5 Å². The Morgan fingerprint density at radius 1 is 1.03 bits per heavy atom. The number of ether oxygens (including phenoxy) is 1. The van der Waals surface area contributed by atoms with Crippen molar-refractivity contribution in [1.82, 2.24) is 14.8 Å². The van der Waals surface area contributed by atoms with E-state index < -0.39 is 6.04 Å². The van der Waals surface area contributed by atoms with Crippen LogP contribution in [0.1, 0.15) is 46.3 Å². The van der Waals surface area contributed by atoms with Gasteiger partial charge in [0.25, 0.3) is 11.8 Å². The lowest BCUT2D eigenvalue weighted by molar-refractivity contribution is -0.122. The standard InChI is InChI=1S/C31H30N4O3S/c1-34-16-13-23(14-17-34)21-7-9-22(10-8-21)25-11-12-26-27(19-25)38-20-35(30(26)37)28(24-5-3-2-4-6-24)29(36)33-31-32-15-18-39-31/h2-12,15,18-19,23,28H,13-14,16-17,20H2,1H3,(H,32,33,36). The molecular weight excluding hydrogens is 508 g/mol. The molecule has 0 aliphatic carbocycles. The number of hydrogen-bond donors (Lipinski definition) is 1. The van der Waals surface area contributed by atoms with Crippen LogP contribution in [0, 0.1) is 0 Å². The number of thiazole rings is 1. The van der Waals surface area contributed by atoms with Crippen LogP contribution in [0.15, 0.2) is 84.4 Å². The summed E-state index contributed by atoms with van der Waals surface area (Å²) in [5.74, 6) is 0.554. The summed E-state index contributed by atoms with van der Waals surface area (Å²) in [6.45, 7) is 2.24. The summed E-state index contributed by atoms with van der Waals surface area (Å²) in [4.78, 5) is 35.1. The summed E-state index contributed by atoms with van der Waals surface area (Å²) < 4.78 is 6.09. The van der Waals surface area contributed by atoms with E-state index in [2.05, 4.69) is 46.5 Å². The molecule has 2 aliphatic heterocycles. The average Bonchev–Trinajstić information content (AvgIpc) is 3.48. The third-order valence-electron chi connectivity index (χ3n) is 7.60. The molecule has 0 spiro atoms. The van der Waals surface area contributed by atoms with Gasteiger partial charge in [-0.05, 0) is 73.3 Å². The molecule has 1 unspecified atom stereocenters. The van der Waals surface area contributed by atoms with E-state index in [9.17, 15) is 9.59 Å². The van der Waals surface area contributed by atoms with Crippen molar-refractivity contribution in [3.05, 3.63) is 101 Å². The number of nitrogens with one attached hydrogen (secondary N) is 1. The normalized spacial score (nSPS) is 16.8. The molecule has 6 rings (SSSR count). The van der Waals surface area contributed by atoms with Crippen LogP contribution in [0.25, 0.3) is 11.1 Å². The van der Waals surface area contributed by atoms with E-state index in [1.165, 1.54) is 34.6 Å². The third kappa shape index (κ3) is 5.30. The van der Waals surface area contributed by atoms with Gasteiger partial charge in [0.1, 0.15) is 11.8 Å². The van der Waals surface area contributed by atoms with E-state index in [0.29, 0.717) is 27.9 Å². The second kappa shape index (κ2) is 11.0. The highest BCUT2D eigenvalue weighted by Gasteiger charge is 2.36. The predicted molar refractivity (Wildman–Crippen MR) is 153 cm³/mol. The Bertz CT molecular complexity index is 1450. The van der Waals surface area contributed by atoms with Gasteiger partial charge in [-0.1, -0.05) is 60.7 Å². The molecule has 2 amide bonds. The Hall–Kier alpha value is -4.01. The fourth-order valence-electron chi connectivity index (χ4n) is 5.40. The van der Waals surface area contributed by atoms with Gasteiger partial charge >= 0.3 is 0 Å². The molecule has 1 fully saturated rings. The van der Waals surface area contributed by atoms with Crippen LogP contribution in [-0.2, 0) is 4.79 Å². The molecule has 2 aliphatic rings. The van der Waals surface area contributed by atoms with E-state index >= 15 is 0 Å². The van der Waals surface area contributed by atoms with Crippen LogP contribution in [0.2, 0.25) is 0 Å². The van der Waals surface area contributed by atoms with E-state index in [4.69, 9.17) is 4.74 Å². The largest absolute Gasteiger partial charge is 0.472 e. The van der Waals surface area contributed by atoms with Crippen LogP contribution in [-0.4, -0.2) is 53.5 Å². The second-order valence-corrected chi connectivity index (χ2v) is 11.0. The molecule has 1 saturated heterocycles. The zero-order valence-electron chi connectivity index (χ0n) is 21.7. The zero-order chi connectivity index (χ0) is 26.8. The number of likely N-dealkylation sites (tertiary alicyclic amines) is 1. The van der Waals surface area contributed by atoms with Crippen molar-refractivity contribution >= 4 is 28.3 Å². The van der Waals surface area contributed by atoms with Crippen LogP contribution in [0.3, 0.4) is 0 Å². The van der Waals surface area contributed by atoms with Crippen LogP contribution >= 0.6 is 11.3 Å². The van der Waals surface area contributed by atoms with Gasteiger partial charge in [0.2, 0.25) is 0 Å². The summed E-state index contributed by atoms with van der Waals surface area (Å²) in [6.07, 6.45) is 4.00. The maximum atomic E-state index is 13.7. The van der Waals surface area contributed by atoms with Gasteiger partial charge in [-0.2, -0.15) is 0 Å². The lowest BCUT2D eigenvalue weighted by Gasteiger charge is -2.34. The minimum Gasteiger partial charge on any atom is -0.472 e. The van der Waals surface area contributed by atoms with Gasteiger partial charge in [-0.15, -0.1) is 11.3 Å². The Morgan fingerprint density at radius 2 is 1.77 bits per heavy atom. The van der Waals surface area contributed by atoms with Gasteiger partial charge in [0.05, 0.1) is 5.56 Å². The number of rotatable bonds is 6. The number of hydrogen-bond acceptors (Lipinski definition) is 6. The first kappa shape index (κ1) is 25.3. The van der Waals surface area contributed by atoms with Crippen molar-refractivity contribution in [3.8, 4) is 16.9 Å². The number of anilines is 1. The third-order valence-corrected chi connectivity index (χ3v) is 8.29. The number of nitrogens with zero attached hydrogens (tertiary/aromatic N) is 3. The van der Waals surface area contributed by atoms with Gasteiger partial charge < -0.3 is 9.64 Å². The molecule has 0 saturated carbocycles. The minimum absolute atomic E-state index is 0.0325. The molecule has 1 N–H and O–H groups in total. The molecule has 1 atom stereocenters. The number of carbonyl (C=O) groups excluding carboxylic acids is 2. The number of carbonyl (C=O) groups is 2. The number of aromatic nitrogens is 1. The minimum atomic E-state index is -0.859. The molecule has 7 nitrogen and oxygen atoms in total. The quantitative estimate of drug-likeness (QED) is 0.336. The molecule has 0 radical (unpaired) electrons. The van der Waals surface area contributed by atoms with E-state index in [-0.39, 0.29) is 18.5 Å². The van der Waals surface area contributed by atoms with Crippen molar-refractivity contribution in [2.75, 3.05) is 32.2 Å². The first-order chi connectivity index (χ1) is 19.1. The average molecular weight is 539 g/mol. The lowest BCUT2D eigenvalue weighted by Crippen LogP contribution is -2.45. The first-order valence-corrected chi connectivity index (χ1v) is 14.1. The molecule has 4 aromatic rings. The monoisotopic (exact) mass is 538 g/mol. The Kier molecular flexibility index (Phi) is 7.13. The lowest BCUT2D eigenvalue weighted by atomic mass is 9.88. The summed E-state index contributed by atoms with van der Waals surface area (Å²) >= 11 is 1.33. The van der Waals surface area contributed by atoms with Crippen molar-refractivity contribution in [1.29, 1.82) is 0 Å². The fraction of sp³-hybridized carbons (Fsp3) is 0.258. The molecule has 198 valence electrons. The number of amides is 2. The Balaban J connectivity index is 1.23. The molecule has 3 aromatic carbocycles. The maximum Gasteiger partial charge on any atom is 0.261 e. The highest BCUT2D eigenvalue weighted by atomic mass is 32.1. The SMILES string of the molecule is CN1CCC(c2ccc(-c3ccc4c(c3)OCN(C(C(=O)Nc3nccs3)c3ccccc3)C4=O)cc2)CC1. The smallest absolute Gasteiger partial charge is 0.261 e. The Labute approximate surface area is 232 Å². The topological polar surface area (TPSA) is 74.8 Å². The van der Waals surface area contributed by atoms with Crippen molar-refractivity contribution in [2.24, 2.45) is 0 Å². The highest BCUT2D eigenvalue weighted by Crippen LogP contribution is 2.36. The molecule has 1 aromatic heterocycles. The van der Waals surface area contributed by atoms with Gasteiger partial charge in [-0.25, -0.2) is 4.98 Å². The number of piperidine rings is 1. The van der Waals surface area contributed by atoms with Crippen LogP contribution in [0.5, 0.6) is 5.75 Å². The molecule has 3 heterocycles. The van der Waals surface area contributed by atoms with Gasteiger partial charge in [-0.3, -0.25) is 19.8 Å². The molecular formula is C31H30N4O3S. The molecule has 8 heteroatoms. The highest BCUT2D eigenvalue weighted by molar-refractivity contribution is 7.13. The molecule has 39 heavy (non-hydrogen) atoms. The number of benzene rings is 3. The summed E-state index contributed by atoms with van der Waals surface area (Å²) in [5, 5.41) is 5.11. The van der Waals surface area contributed by atoms with E-state index in [1.54, 1.807) is 17.6 Å². The maximum absolute atomic E-state index is 13.7. The first-order valence-electron chi connectivity index (χ1n) is 13.2. The predicted octanol–water partition coefficient (Wildman–Crippen LogP) is 5.79. The van der Waals surface area contributed by atoms with Gasteiger partial charge in [0, 0.05) is 11.6 Å². The second-order valence-electron chi connectivity index (χ2n) is 10.1. The van der Waals surface area contributed by atoms with Crippen LogP contribution in [0.4, 0.5) is 5.13 Å². The fourth-order valence-corrected chi connectivity index (χ4v) is 5.93. The van der Waals surface area contributed by atoms with Crippen molar-refractivity contribution in [2.45, 2.75) is 24.8 Å². The van der Waals surface area contributed by atoms with Crippen LogP contribution < -0.4 is 10.1 Å². The van der Waals surface area contributed by atoms with E-state index in [0.717, 1.165) is 24.2 Å². The summed E-state index contributed by atoms with van der Waals surface area (Å²) in [6, 6.07) is 22.8.